The van der Waals surface area contributed by atoms with Gasteiger partial charge in [0.15, 0.2) is 0 Å². The Balaban J connectivity index is 2.73. The first-order valence-electron chi connectivity index (χ1n) is 4.33. The van der Waals surface area contributed by atoms with Crippen molar-refractivity contribution in [2.24, 2.45) is 11.5 Å². The molecule has 1 aromatic heterocycles. The minimum Gasteiger partial charge on any atom is -0.366 e. The molecule has 0 aliphatic rings. The zero-order chi connectivity index (χ0) is 10.1. The topological polar surface area (TPSA) is 84.9 Å². The number of carbonyl (C=O) groups is 1. The molecule has 0 radical (unpaired) electrons. The second kappa shape index (κ2) is 3.16. The Morgan fingerprint density at radius 2 is 2.21 bits per heavy atom. The first-order valence-corrected chi connectivity index (χ1v) is 4.33. The van der Waals surface area contributed by atoms with Crippen molar-refractivity contribution in [3.8, 4) is 0 Å². The zero-order valence-electron chi connectivity index (χ0n) is 7.58. The van der Waals surface area contributed by atoms with Crippen LogP contribution in [-0.4, -0.2) is 10.9 Å². The monoisotopic (exact) mass is 189 g/mol. The van der Waals surface area contributed by atoms with Crippen molar-refractivity contribution in [2.45, 2.75) is 6.54 Å². The highest BCUT2D eigenvalue weighted by Crippen LogP contribution is 2.19. The van der Waals surface area contributed by atoms with Gasteiger partial charge in [0.1, 0.15) is 0 Å². The minimum atomic E-state index is -0.418. The van der Waals surface area contributed by atoms with Crippen molar-refractivity contribution in [3.05, 3.63) is 35.5 Å². The van der Waals surface area contributed by atoms with Gasteiger partial charge in [-0.1, -0.05) is 6.07 Å². The van der Waals surface area contributed by atoms with Crippen LogP contribution in [0, 0.1) is 0 Å². The molecule has 0 aliphatic carbocycles. The van der Waals surface area contributed by atoms with Crippen LogP contribution in [0.15, 0.2) is 24.3 Å². The van der Waals surface area contributed by atoms with E-state index in [2.05, 4.69) is 4.98 Å². The lowest BCUT2D eigenvalue weighted by atomic mass is 10.1. The van der Waals surface area contributed by atoms with Crippen LogP contribution in [0.2, 0.25) is 0 Å². The largest absolute Gasteiger partial charge is 0.366 e. The number of primary amides is 1. The Labute approximate surface area is 80.9 Å². The van der Waals surface area contributed by atoms with Crippen LogP contribution in [0.5, 0.6) is 0 Å². The van der Waals surface area contributed by atoms with Crippen LogP contribution >= 0.6 is 0 Å². The molecule has 4 nitrogen and oxygen atoms in total. The van der Waals surface area contributed by atoms with Gasteiger partial charge in [0, 0.05) is 28.7 Å². The number of carbonyl (C=O) groups excluding carboxylic acids is 1. The highest BCUT2D eigenvalue weighted by molar-refractivity contribution is 6.05. The fraction of sp³-hybridized carbons (Fsp3) is 0.100. The number of hydrogen-bond acceptors (Lipinski definition) is 2. The average molecular weight is 189 g/mol. The van der Waals surface area contributed by atoms with Crippen molar-refractivity contribution < 1.29 is 4.79 Å². The Kier molecular flexibility index (Phi) is 1.98. The van der Waals surface area contributed by atoms with E-state index in [9.17, 15) is 4.79 Å². The lowest BCUT2D eigenvalue weighted by Crippen LogP contribution is -2.10. The molecule has 0 unspecified atom stereocenters. The minimum absolute atomic E-state index is 0.418. The third-order valence-electron chi connectivity index (χ3n) is 2.21. The van der Waals surface area contributed by atoms with Gasteiger partial charge >= 0.3 is 0 Å². The molecule has 0 fully saturated rings. The van der Waals surface area contributed by atoms with E-state index < -0.39 is 5.91 Å². The molecular weight excluding hydrogens is 178 g/mol. The van der Waals surface area contributed by atoms with E-state index in [1.807, 2.05) is 12.1 Å². The Hall–Kier alpha value is -1.81. The summed E-state index contributed by atoms with van der Waals surface area (Å²) in [5.41, 5.74) is 13.1. The van der Waals surface area contributed by atoms with Crippen molar-refractivity contribution in [1.29, 1.82) is 0 Å². The van der Waals surface area contributed by atoms with Gasteiger partial charge in [-0.3, -0.25) is 4.79 Å². The van der Waals surface area contributed by atoms with Crippen LogP contribution in [-0.2, 0) is 6.54 Å². The fourth-order valence-corrected chi connectivity index (χ4v) is 1.54. The maximum Gasteiger partial charge on any atom is 0.249 e. The van der Waals surface area contributed by atoms with Gasteiger partial charge in [-0.2, -0.15) is 0 Å². The quantitative estimate of drug-likeness (QED) is 0.650. The fourth-order valence-electron chi connectivity index (χ4n) is 1.54. The number of hydrogen-bond donors (Lipinski definition) is 3. The molecule has 2 rings (SSSR count). The predicted molar refractivity (Wildman–Crippen MR) is 54.7 cm³/mol. The lowest BCUT2D eigenvalue weighted by molar-refractivity contribution is 0.100. The summed E-state index contributed by atoms with van der Waals surface area (Å²) in [5, 5.41) is 0.834. The van der Waals surface area contributed by atoms with Crippen LogP contribution in [0.3, 0.4) is 0 Å². The van der Waals surface area contributed by atoms with Gasteiger partial charge in [0.2, 0.25) is 5.91 Å². The summed E-state index contributed by atoms with van der Waals surface area (Å²) in [6, 6.07) is 7.24. The SMILES string of the molecule is NCc1cc2c(C(N)=O)cccc2[nH]1. The van der Waals surface area contributed by atoms with Crippen molar-refractivity contribution in [2.75, 3.05) is 0 Å². The maximum atomic E-state index is 11.1. The highest BCUT2D eigenvalue weighted by Gasteiger charge is 2.07. The molecule has 0 atom stereocenters. The molecule has 14 heavy (non-hydrogen) atoms. The molecule has 72 valence electrons. The molecule has 4 heteroatoms. The predicted octanol–water partition coefficient (Wildman–Crippen LogP) is 0.725. The van der Waals surface area contributed by atoms with E-state index in [0.717, 1.165) is 16.6 Å². The number of H-pyrrole nitrogens is 1. The van der Waals surface area contributed by atoms with E-state index in [1.165, 1.54) is 0 Å². The summed E-state index contributed by atoms with van der Waals surface area (Å²) >= 11 is 0. The molecule has 0 spiro atoms. The highest BCUT2D eigenvalue weighted by atomic mass is 16.1. The third-order valence-corrected chi connectivity index (χ3v) is 2.21. The van der Waals surface area contributed by atoms with E-state index in [0.29, 0.717) is 12.1 Å². The number of rotatable bonds is 2. The Bertz CT molecular complexity index is 487. The van der Waals surface area contributed by atoms with Crippen LogP contribution in [0.25, 0.3) is 10.9 Å². The second-order valence-corrected chi connectivity index (χ2v) is 3.13. The van der Waals surface area contributed by atoms with Gasteiger partial charge in [-0.15, -0.1) is 0 Å². The van der Waals surface area contributed by atoms with Gasteiger partial charge in [-0.25, -0.2) is 0 Å². The third kappa shape index (κ3) is 1.25. The molecule has 1 amide bonds. The van der Waals surface area contributed by atoms with E-state index in [-0.39, 0.29) is 0 Å². The van der Waals surface area contributed by atoms with E-state index in [1.54, 1.807) is 12.1 Å². The van der Waals surface area contributed by atoms with Crippen molar-refractivity contribution >= 4 is 16.8 Å². The van der Waals surface area contributed by atoms with Gasteiger partial charge in [0.05, 0.1) is 0 Å². The number of aromatic nitrogens is 1. The summed E-state index contributed by atoms with van der Waals surface area (Å²) < 4.78 is 0. The maximum absolute atomic E-state index is 11.1. The van der Waals surface area contributed by atoms with Gasteiger partial charge in [-0.05, 0) is 18.2 Å². The smallest absolute Gasteiger partial charge is 0.249 e. The molecule has 2 aromatic rings. The van der Waals surface area contributed by atoms with Gasteiger partial charge < -0.3 is 16.5 Å². The van der Waals surface area contributed by atoms with Crippen LogP contribution in [0.1, 0.15) is 16.1 Å². The number of amides is 1. The first kappa shape index (κ1) is 8.77. The molecule has 1 aromatic carbocycles. The second-order valence-electron chi connectivity index (χ2n) is 3.13. The van der Waals surface area contributed by atoms with Crippen LogP contribution in [0.4, 0.5) is 0 Å². The molecule has 5 N–H and O–H groups in total. The summed E-state index contributed by atoms with van der Waals surface area (Å²) in [6.45, 7) is 0.423. The normalized spacial score (nSPS) is 10.6. The summed E-state index contributed by atoms with van der Waals surface area (Å²) in [4.78, 5) is 14.2. The standard InChI is InChI=1S/C10H11N3O/c11-5-6-4-8-7(10(12)14)2-1-3-9(8)13-6/h1-4,13H,5,11H2,(H2,12,14). The van der Waals surface area contributed by atoms with Crippen molar-refractivity contribution in [1.82, 2.24) is 4.98 Å². The van der Waals surface area contributed by atoms with Gasteiger partial charge in [0.25, 0.3) is 0 Å². The number of fused-ring (bicyclic) bond motifs is 1. The number of aromatic amines is 1. The Morgan fingerprint density at radius 1 is 1.43 bits per heavy atom. The number of nitrogens with two attached hydrogens (primary N) is 2. The first-order chi connectivity index (χ1) is 6.72. The number of nitrogens with one attached hydrogen (secondary N) is 1. The molecule has 0 saturated carbocycles. The van der Waals surface area contributed by atoms with Crippen LogP contribution < -0.4 is 11.5 Å². The molecule has 1 heterocycles. The Morgan fingerprint density at radius 3 is 2.86 bits per heavy atom. The van der Waals surface area contributed by atoms with E-state index >= 15 is 0 Å². The molecule has 0 saturated heterocycles. The summed E-state index contributed by atoms with van der Waals surface area (Å²) in [6.07, 6.45) is 0. The van der Waals surface area contributed by atoms with Crippen molar-refractivity contribution in [3.63, 3.8) is 0 Å². The molecule has 0 bridgehead atoms. The van der Waals surface area contributed by atoms with E-state index in [4.69, 9.17) is 11.5 Å². The number of benzene rings is 1. The molecule has 0 aliphatic heterocycles. The zero-order valence-corrected chi connectivity index (χ0v) is 7.58. The summed E-state index contributed by atoms with van der Waals surface area (Å²) in [7, 11) is 0. The summed E-state index contributed by atoms with van der Waals surface area (Å²) in [5.74, 6) is -0.418. The average Bonchev–Trinajstić information content (AvgIpc) is 2.59. The lowest BCUT2D eigenvalue weighted by Gasteiger charge is -1.95. The molecular formula is C10H11N3O.